The molecule has 1 fully saturated rings. The molecule has 0 bridgehead atoms. The van der Waals surface area contributed by atoms with E-state index in [4.69, 9.17) is 4.74 Å². The molecular formula is C21H25N3O3. The van der Waals surface area contributed by atoms with Gasteiger partial charge in [-0.1, -0.05) is 30.3 Å². The molecule has 1 heterocycles. The van der Waals surface area contributed by atoms with Gasteiger partial charge in [-0.05, 0) is 36.8 Å². The van der Waals surface area contributed by atoms with Crippen molar-refractivity contribution in [2.75, 3.05) is 19.6 Å². The van der Waals surface area contributed by atoms with E-state index in [2.05, 4.69) is 15.5 Å². The van der Waals surface area contributed by atoms with Gasteiger partial charge in [0.1, 0.15) is 11.5 Å². The third-order valence-electron chi connectivity index (χ3n) is 4.46. The second-order valence-corrected chi connectivity index (χ2v) is 6.50. The second kappa shape index (κ2) is 9.19. The molecule has 1 aliphatic rings. The molecular weight excluding hydrogens is 342 g/mol. The minimum Gasteiger partial charge on any atom is -0.457 e. The smallest absolute Gasteiger partial charge is 0.237 e. The summed E-state index contributed by atoms with van der Waals surface area (Å²) in [6.45, 7) is 4.31. The van der Waals surface area contributed by atoms with E-state index in [1.807, 2.05) is 61.5 Å². The molecule has 142 valence electrons. The van der Waals surface area contributed by atoms with Crippen LogP contribution >= 0.6 is 0 Å². The van der Waals surface area contributed by atoms with Crippen LogP contribution in [0.4, 0.5) is 0 Å². The molecule has 6 nitrogen and oxygen atoms in total. The van der Waals surface area contributed by atoms with Crippen LogP contribution in [0.1, 0.15) is 18.9 Å². The maximum Gasteiger partial charge on any atom is 0.237 e. The Kier molecular flexibility index (Phi) is 6.44. The lowest BCUT2D eigenvalue weighted by Gasteiger charge is -2.34. The first-order valence-corrected chi connectivity index (χ1v) is 9.26. The number of ether oxygens (including phenoxy) is 1. The molecule has 0 spiro atoms. The van der Waals surface area contributed by atoms with E-state index in [1.54, 1.807) is 0 Å². The van der Waals surface area contributed by atoms with Crippen LogP contribution in [0.5, 0.6) is 11.5 Å². The van der Waals surface area contributed by atoms with Crippen molar-refractivity contribution in [2.45, 2.75) is 25.9 Å². The second-order valence-electron chi connectivity index (χ2n) is 6.50. The van der Waals surface area contributed by atoms with Crippen LogP contribution in [-0.2, 0) is 16.1 Å². The Morgan fingerprint density at radius 2 is 1.96 bits per heavy atom. The molecule has 27 heavy (non-hydrogen) atoms. The Morgan fingerprint density at radius 1 is 1.19 bits per heavy atom. The molecule has 0 aliphatic carbocycles. The number of nitrogens with one attached hydrogen (secondary N) is 2. The molecule has 0 aromatic heterocycles. The van der Waals surface area contributed by atoms with Crippen molar-refractivity contribution in [3.05, 3.63) is 60.2 Å². The van der Waals surface area contributed by atoms with E-state index < -0.39 is 6.04 Å². The number of benzene rings is 2. The minimum absolute atomic E-state index is 0.0933. The van der Waals surface area contributed by atoms with Crippen LogP contribution in [-0.4, -0.2) is 42.4 Å². The number of amides is 2. The van der Waals surface area contributed by atoms with Crippen LogP contribution < -0.4 is 15.4 Å². The number of para-hydroxylation sites is 1. The zero-order valence-corrected chi connectivity index (χ0v) is 15.5. The monoisotopic (exact) mass is 367 g/mol. The Morgan fingerprint density at radius 3 is 2.74 bits per heavy atom. The Bertz CT molecular complexity index is 779. The Balaban J connectivity index is 1.69. The maximum atomic E-state index is 12.3. The standard InChI is InChI=1S/C21H25N3O3/c1-2-22-20(25)14-19-21(26)23-11-12-24(19)15-16-7-6-10-18(13-16)27-17-8-4-3-5-9-17/h3-10,13,19H,2,11-12,14-15H2,1H3,(H,22,25)(H,23,26)/t19-/m1/s1. The maximum absolute atomic E-state index is 12.3. The number of hydrogen-bond donors (Lipinski definition) is 2. The molecule has 1 atom stereocenters. The highest BCUT2D eigenvalue weighted by molar-refractivity contribution is 5.88. The predicted molar refractivity (Wildman–Crippen MR) is 103 cm³/mol. The Hall–Kier alpha value is -2.86. The summed E-state index contributed by atoms with van der Waals surface area (Å²) in [6.07, 6.45) is 0.167. The van der Waals surface area contributed by atoms with Crippen molar-refractivity contribution in [2.24, 2.45) is 0 Å². The third kappa shape index (κ3) is 5.31. The first-order valence-electron chi connectivity index (χ1n) is 9.26. The van der Waals surface area contributed by atoms with E-state index in [1.165, 1.54) is 0 Å². The van der Waals surface area contributed by atoms with Gasteiger partial charge in [0.15, 0.2) is 0 Å². The summed E-state index contributed by atoms with van der Waals surface area (Å²) in [4.78, 5) is 26.3. The van der Waals surface area contributed by atoms with E-state index in [0.717, 1.165) is 17.1 Å². The number of hydrogen-bond acceptors (Lipinski definition) is 4. The van der Waals surface area contributed by atoms with Gasteiger partial charge in [0.05, 0.1) is 12.5 Å². The van der Waals surface area contributed by atoms with Crippen molar-refractivity contribution in [3.63, 3.8) is 0 Å². The normalized spacial score (nSPS) is 17.2. The Labute approximate surface area is 159 Å². The summed E-state index contributed by atoms with van der Waals surface area (Å²) in [5.41, 5.74) is 1.04. The van der Waals surface area contributed by atoms with Gasteiger partial charge >= 0.3 is 0 Å². The molecule has 1 saturated heterocycles. The van der Waals surface area contributed by atoms with Crippen LogP contribution in [0.3, 0.4) is 0 Å². The van der Waals surface area contributed by atoms with Gasteiger partial charge in [-0.15, -0.1) is 0 Å². The van der Waals surface area contributed by atoms with Gasteiger partial charge < -0.3 is 15.4 Å². The molecule has 0 unspecified atom stereocenters. The highest BCUT2D eigenvalue weighted by atomic mass is 16.5. The van der Waals surface area contributed by atoms with Gasteiger partial charge in [-0.3, -0.25) is 14.5 Å². The average molecular weight is 367 g/mol. The fraction of sp³-hybridized carbons (Fsp3) is 0.333. The van der Waals surface area contributed by atoms with Crippen molar-refractivity contribution >= 4 is 11.8 Å². The lowest BCUT2D eigenvalue weighted by atomic mass is 10.1. The molecule has 0 radical (unpaired) electrons. The summed E-state index contributed by atoms with van der Waals surface area (Å²) >= 11 is 0. The quantitative estimate of drug-likeness (QED) is 0.788. The SMILES string of the molecule is CCNC(=O)C[C@@H]1C(=O)NCCN1Cc1cccc(Oc2ccccc2)c1. The first kappa shape index (κ1) is 18.9. The van der Waals surface area contributed by atoms with E-state index in [0.29, 0.717) is 26.2 Å². The number of carbonyl (C=O) groups is 2. The molecule has 2 aromatic carbocycles. The van der Waals surface area contributed by atoms with Crippen LogP contribution in [0, 0.1) is 0 Å². The summed E-state index contributed by atoms with van der Waals surface area (Å²) in [5, 5.41) is 5.62. The zero-order chi connectivity index (χ0) is 19.1. The minimum atomic E-state index is -0.455. The largest absolute Gasteiger partial charge is 0.457 e. The molecule has 0 saturated carbocycles. The number of nitrogens with zero attached hydrogens (tertiary/aromatic N) is 1. The van der Waals surface area contributed by atoms with Crippen molar-refractivity contribution in [3.8, 4) is 11.5 Å². The van der Waals surface area contributed by atoms with E-state index in [9.17, 15) is 9.59 Å². The highest BCUT2D eigenvalue weighted by Gasteiger charge is 2.31. The molecule has 1 aliphatic heterocycles. The van der Waals surface area contributed by atoms with Crippen molar-refractivity contribution in [1.29, 1.82) is 0 Å². The number of rotatable bonds is 7. The topological polar surface area (TPSA) is 70.7 Å². The van der Waals surface area contributed by atoms with E-state index in [-0.39, 0.29) is 18.2 Å². The highest BCUT2D eigenvalue weighted by Crippen LogP contribution is 2.23. The van der Waals surface area contributed by atoms with Gasteiger partial charge in [-0.25, -0.2) is 0 Å². The van der Waals surface area contributed by atoms with E-state index >= 15 is 0 Å². The van der Waals surface area contributed by atoms with Gasteiger partial charge in [0.2, 0.25) is 11.8 Å². The molecule has 2 N–H and O–H groups in total. The number of piperazine rings is 1. The van der Waals surface area contributed by atoms with Gasteiger partial charge in [-0.2, -0.15) is 0 Å². The van der Waals surface area contributed by atoms with Crippen LogP contribution in [0.2, 0.25) is 0 Å². The zero-order valence-electron chi connectivity index (χ0n) is 15.5. The van der Waals surface area contributed by atoms with Gasteiger partial charge in [0.25, 0.3) is 0 Å². The number of carbonyl (C=O) groups excluding carboxylic acids is 2. The van der Waals surface area contributed by atoms with Crippen LogP contribution in [0.25, 0.3) is 0 Å². The van der Waals surface area contributed by atoms with Crippen molar-refractivity contribution in [1.82, 2.24) is 15.5 Å². The summed E-state index contributed by atoms with van der Waals surface area (Å²) in [5.74, 6) is 1.33. The molecule has 3 rings (SSSR count). The molecule has 6 heteroatoms. The predicted octanol–water partition coefficient (Wildman–Crippen LogP) is 2.31. The van der Waals surface area contributed by atoms with Crippen molar-refractivity contribution < 1.29 is 14.3 Å². The molecule has 2 aromatic rings. The summed E-state index contributed by atoms with van der Waals surface area (Å²) in [7, 11) is 0. The summed E-state index contributed by atoms with van der Waals surface area (Å²) < 4.78 is 5.89. The fourth-order valence-corrected chi connectivity index (χ4v) is 3.18. The first-order chi connectivity index (χ1) is 13.2. The molecule has 2 amide bonds. The third-order valence-corrected chi connectivity index (χ3v) is 4.46. The fourth-order valence-electron chi connectivity index (χ4n) is 3.18. The van der Waals surface area contributed by atoms with Gasteiger partial charge in [0, 0.05) is 26.2 Å². The summed E-state index contributed by atoms with van der Waals surface area (Å²) in [6, 6.07) is 17.0. The lowest BCUT2D eigenvalue weighted by molar-refractivity contribution is -0.134. The lowest BCUT2D eigenvalue weighted by Crippen LogP contribution is -2.56. The van der Waals surface area contributed by atoms with Crippen LogP contribution in [0.15, 0.2) is 54.6 Å². The average Bonchev–Trinajstić information content (AvgIpc) is 2.66.